The first-order chi connectivity index (χ1) is 22.7. The molecule has 0 saturated carbocycles. The lowest BCUT2D eigenvalue weighted by molar-refractivity contribution is -0.137. The number of hydrogen-bond acceptors (Lipinski definition) is 5. The quantitative estimate of drug-likeness (QED) is 0.159. The van der Waals surface area contributed by atoms with Crippen molar-refractivity contribution in [2.24, 2.45) is 5.92 Å². The summed E-state index contributed by atoms with van der Waals surface area (Å²) < 4.78 is 39.5. The lowest BCUT2D eigenvalue weighted by Crippen LogP contribution is -2.55. The van der Waals surface area contributed by atoms with Gasteiger partial charge in [0.2, 0.25) is 11.8 Å². The van der Waals surface area contributed by atoms with Crippen LogP contribution in [0, 0.1) is 5.92 Å². The highest BCUT2D eigenvalue weighted by molar-refractivity contribution is 6.00. The molecule has 48 heavy (non-hydrogen) atoms. The first kappa shape index (κ1) is 37.7. The van der Waals surface area contributed by atoms with Crippen LogP contribution in [0.1, 0.15) is 78.1 Å². The number of halogens is 3. The molecule has 5 N–H and O–H groups in total. The molecule has 3 aromatic rings. The third-order valence-corrected chi connectivity index (χ3v) is 7.77. The van der Waals surface area contributed by atoms with Gasteiger partial charge in [-0.25, -0.2) is 0 Å². The van der Waals surface area contributed by atoms with Crippen LogP contribution in [0.2, 0.25) is 0 Å². The molecule has 0 aliphatic carbocycles. The van der Waals surface area contributed by atoms with E-state index in [0.29, 0.717) is 13.0 Å². The fraction of sp³-hybridized carbons (Fsp3) is 0.389. The van der Waals surface area contributed by atoms with E-state index in [9.17, 15) is 32.3 Å². The van der Waals surface area contributed by atoms with Crippen molar-refractivity contribution in [2.45, 2.75) is 71.4 Å². The molecule has 3 rings (SSSR count). The molecule has 0 heterocycles. The summed E-state index contributed by atoms with van der Waals surface area (Å²) >= 11 is 0. The van der Waals surface area contributed by atoms with Crippen molar-refractivity contribution in [2.75, 3.05) is 13.1 Å². The minimum atomic E-state index is -4.51. The summed E-state index contributed by atoms with van der Waals surface area (Å²) in [6.07, 6.45) is -4.07. The summed E-state index contributed by atoms with van der Waals surface area (Å²) in [5, 5.41) is 14.4. The molecule has 0 fully saturated rings. The number of nitrogens with one attached hydrogen (secondary N) is 5. The first-order valence-electron chi connectivity index (χ1n) is 15.9. The number of amides is 4. The molecule has 9 nitrogen and oxygen atoms in total. The Kier molecular flexibility index (Phi) is 13.7. The lowest BCUT2D eigenvalue weighted by Gasteiger charge is -2.25. The fourth-order valence-electron chi connectivity index (χ4n) is 5.00. The maximum Gasteiger partial charge on any atom is 0.416 e. The molecular weight excluding hydrogens is 623 g/mol. The summed E-state index contributed by atoms with van der Waals surface area (Å²) in [4.78, 5) is 51.9. The van der Waals surface area contributed by atoms with Crippen LogP contribution >= 0.6 is 0 Å². The lowest BCUT2D eigenvalue weighted by atomic mass is 10.0. The Hall–Kier alpha value is -4.71. The third-order valence-electron chi connectivity index (χ3n) is 7.77. The topological polar surface area (TPSA) is 128 Å². The molecule has 0 aromatic heterocycles. The zero-order chi connectivity index (χ0) is 35.4. The zero-order valence-corrected chi connectivity index (χ0v) is 27.8. The van der Waals surface area contributed by atoms with E-state index < -0.39 is 47.7 Å². The Bertz CT molecular complexity index is 1550. The van der Waals surface area contributed by atoms with Crippen molar-refractivity contribution in [1.82, 2.24) is 26.6 Å². The zero-order valence-electron chi connectivity index (χ0n) is 27.8. The van der Waals surface area contributed by atoms with Gasteiger partial charge in [-0.15, -0.1) is 0 Å². The van der Waals surface area contributed by atoms with Gasteiger partial charge >= 0.3 is 6.18 Å². The Labute approximate surface area is 279 Å². The summed E-state index contributed by atoms with van der Waals surface area (Å²) in [5.74, 6) is -1.75. The van der Waals surface area contributed by atoms with E-state index >= 15 is 0 Å². The van der Waals surface area contributed by atoms with E-state index in [4.69, 9.17) is 0 Å². The second-order valence-corrected chi connectivity index (χ2v) is 12.0. The van der Waals surface area contributed by atoms with Crippen LogP contribution < -0.4 is 26.6 Å². The summed E-state index contributed by atoms with van der Waals surface area (Å²) in [5.41, 5.74) is 0.800. The molecular formula is C36H44F3N5O4. The van der Waals surface area contributed by atoms with E-state index in [-0.39, 0.29) is 41.0 Å². The molecule has 4 atom stereocenters. The van der Waals surface area contributed by atoms with Crippen molar-refractivity contribution < 1.29 is 32.3 Å². The molecule has 0 bridgehead atoms. The van der Waals surface area contributed by atoms with Gasteiger partial charge in [-0.2, -0.15) is 13.2 Å². The second-order valence-electron chi connectivity index (χ2n) is 12.0. The van der Waals surface area contributed by atoms with E-state index in [1.807, 2.05) is 44.2 Å². The SMILES string of the molecule is CCNC(=O)[C@@H](NC(=O)[C@H](C)NC[C@H](Cc1ccccc1)NC(=O)c1cccc(C(=O)NC(C)c2cccc(C(F)(F)F)c2)c1)C(C)C. The molecule has 0 radical (unpaired) electrons. The summed E-state index contributed by atoms with van der Waals surface area (Å²) in [6, 6.07) is 17.7. The van der Waals surface area contributed by atoms with E-state index in [1.165, 1.54) is 24.3 Å². The minimum absolute atomic E-state index is 0.126. The van der Waals surface area contributed by atoms with Crippen LogP contribution in [0.4, 0.5) is 13.2 Å². The Morgan fingerprint density at radius 3 is 1.96 bits per heavy atom. The fourth-order valence-corrected chi connectivity index (χ4v) is 5.00. The number of carbonyl (C=O) groups excluding carboxylic acids is 4. The third kappa shape index (κ3) is 11.2. The maximum absolute atomic E-state index is 13.4. The van der Waals surface area contributed by atoms with Crippen LogP contribution in [-0.2, 0) is 22.2 Å². The normalized spacial score (nSPS) is 13.9. The molecule has 3 aromatic carbocycles. The van der Waals surface area contributed by atoms with E-state index in [2.05, 4.69) is 26.6 Å². The van der Waals surface area contributed by atoms with Gasteiger partial charge < -0.3 is 26.6 Å². The molecule has 0 saturated heterocycles. The monoisotopic (exact) mass is 667 g/mol. The van der Waals surface area contributed by atoms with Gasteiger partial charge in [0.25, 0.3) is 11.8 Å². The number of rotatable bonds is 15. The van der Waals surface area contributed by atoms with E-state index in [0.717, 1.165) is 17.7 Å². The van der Waals surface area contributed by atoms with Crippen molar-refractivity contribution in [1.29, 1.82) is 0 Å². The van der Waals surface area contributed by atoms with Gasteiger partial charge in [-0.3, -0.25) is 19.2 Å². The largest absolute Gasteiger partial charge is 0.416 e. The summed E-state index contributed by atoms with van der Waals surface area (Å²) in [7, 11) is 0. The highest BCUT2D eigenvalue weighted by Gasteiger charge is 2.31. The Morgan fingerprint density at radius 1 is 0.729 bits per heavy atom. The Morgan fingerprint density at radius 2 is 1.35 bits per heavy atom. The predicted octanol–water partition coefficient (Wildman–Crippen LogP) is 4.79. The molecule has 4 amide bonds. The molecule has 0 aliphatic heterocycles. The highest BCUT2D eigenvalue weighted by atomic mass is 19.4. The number of likely N-dealkylation sites (N-methyl/N-ethyl adjacent to an activating group) is 1. The number of carbonyl (C=O) groups is 4. The average molecular weight is 668 g/mol. The number of hydrogen-bond donors (Lipinski definition) is 5. The van der Waals surface area contributed by atoms with Crippen molar-refractivity contribution in [3.63, 3.8) is 0 Å². The first-order valence-corrected chi connectivity index (χ1v) is 15.9. The van der Waals surface area contributed by atoms with Crippen LogP contribution in [0.5, 0.6) is 0 Å². The van der Waals surface area contributed by atoms with Crippen LogP contribution in [0.3, 0.4) is 0 Å². The van der Waals surface area contributed by atoms with Gasteiger partial charge in [0.05, 0.1) is 17.6 Å². The number of benzene rings is 3. The predicted molar refractivity (Wildman–Crippen MR) is 178 cm³/mol. The molecule has 1 unspecified atom stereocenters. The average Bonchev–Trinajstić information content (AvgIpc) is 3.05. The van der Waals surface area contributed by atoms with Crippen LogP contribution in [0.15, 0.2) is 78.9 Å². The number of alkyl halides is 3. The summed E-state index contributed by atoms with van der Waals surface area (Å²) in [6.45, 7) is 9.41. The standard InChI is InChI=1S/C36H44F3N5O4/c1-6-40-35(48)31(22(2)3)44-32(45)24(5)41-21-30(18-25-12-8-7-9-13-25)43-34(47)28-16-10-15-27(19-28)33(46)42-23(4)26-14-11-17-29(20-26)36(37,38)39/h7-17,19-20,22-24,30-31,41H,6,18,21H2,1-5H3,(H,40,48)(H,42,46)(H,43,47)(H,44,45)/t23?,24-,30-,31-/m0/s1. The van der Waals surface area contributed by atoms with Crippen LogP contribution in [-0.4, -0.2) is 54.8 Å². The minimum Gasteiger partial charge on any atom is -0.355 e. The molecule has 12 heteroatoms. The van der Waals surface area contributed by atoms with Crippen molar-refractivity contribution in [3.05, 3.63) is 107 Å². The van der Waals surface area contributed by atoms with Gasteiger partial charge in [-0.05, 0) is 74.6 Å². The molecule has 0 spiro atoms. The van der Waals surface area contributed by atoms with Gasteiger partial charge in [0.1, 0.15) is 6.04 Å². The smallest absolute Gasteiger partial charge is 0.355 e. The van der Waals surface area contributed by atoms with Crippen LogP contribution in [0.25, 0.3) is 0 Å². The molecule has 0 aliphatic rings. The van der Waals surface area contributed by atoms with Crippen molar-refractivity contribution in [3.8, 4) is 0 Å². The van der Waals surface area contributed by atoms with Crippen molar-refractivity contribution >= 4 is 23.6 Å². The Balaban J connectivity index is 1.69. The maximum atomic E-state index is 13.4. The second kappa shape index (κ2) is 17.4. The van der Waals surface area contributed by atoms with Gasteiger partial charge in [0, 0.05) is 30.3 Å². The highest BCUT2D eigenvalue weighted by Crippen LogP contribution is 2.30. The molecule has 258 valence electrons. The van der Waals surface area contributed by atoms with E-state index in [1.54, 1.807) is 32.9 Å². The van der Waals surface area contributed by atoms with Gasteiger partial charge in [0.15, 0.2) is 0 Å². The van der Waals surface area contributed by atoms with Gasteiger partial charge in [-0.1, -0.05) is 62.4 Å².